The molecule has 132 heavy (non-hydrogen) atoms. The fourth-order valence-electron chi connectivity index (χ4n) is 6.09. The van der Waals surface area contributed by atoms with Crippen molar-refractivity contribution in [3.8, 4) is 0 Å². The molecule has 0 bridgehead atoms. The summed E-state index contributed by atoms with van der Waals surface area (Å²) in [5.74, 6) is -20.1. The SMILES string of the molecule is O=C[C@H](O)[C@@H](O)[C@@H](O)[C@H](O)C(=O)[O-].O=C[C@H](O)[C@@H](O)[C@@H](O)[C@H](O)C(=O)[O-].O=C[C@H](O)[C@@H](O)[C@@H](O)[C@H](O)C(=O)[O-].O=C[C@H](O)[C@@H](O)[C@@H](O)[C@H](O)C(=O)[O-].O=C[C@H](O)[C@@H](O)[C@@H](O)[C@H](O)C(=O)[O-].O=C[C@H](O)[C@@H](O)[C@@H](O)[C@H](O)C(=O)[O-].O=C[C@H](O)[C@@H](O)[C@@H](O)[C@H](O)C(=O)[O-].O=C[C@H](O)[C@@H](O)[C@@H](O)[C@H](O)C(=O)[O-].O=C[C@H](O)[C@@H](O)[C@@H](O)[C@H](O)C(=O)[O-].O=C[C@H](O)[C@@H](O)[C@@H](O)[C@H](O)C(=O)[O-].[Fe+2].[K+]. The molecule has 0 amide bonds. The number of hydrogen-bond acceptors (Lipinski definition) is 70. The van der Waals surface area contributed by atoms with Gasteiger partial charge in [0.1, 0.15) is 244 Å². The van der Waals surface area contributed by atoms with Crippen LogP contribution in [0.15, 0.2) is 0 Å². The minimum Gasteiger partial charge on any atom is -0.547 e. The minimum absolute atomic E-state index is 0. The van der Waals surface area contributed by atoms with Crippen LogP contribution in [-0.4, -0.2) is 571 Å². The molecule has 0 heterocycles. The molecule has 0 unspecified atom stereocenters. The molecule has 70 nitrogen and oxygen atoms in total. The summed E-state index contributed by atoms with van der Waals surface area (Å²) >= 11 is 0. The minimum atomic E-state index is -2.36. The Morgan fingerprint density at radius 2 is 0.174 bits per heavy atom. The van der Waals surface area contributed by atoms with Gasteiger partial charge in [0.05, 0.1) is 59.7 Å². The van der Waals surface area contributed by atoms with Crippen molar-refractivity contribution in [1.29, 1.82) is 0 Å². The van der Waals surface area contributed by atoms with Crippen molar-refractivity contribution in [2.45, 2.75) is 244 Å². The van der Waals surface area contributed by atoms with Crippen LogP contribution in [-0.2, 0) is 113 Å². The van der Waals surface area contributed by atoms with Gasteiger partial charge in [-0.3, -0.25) is 0 Å². The number of carbonyl (C=O) groups excluding carboxylic acids is 20. The summed E-state index contributed by atoms with van der Waals surface area (Å²) in [6.45, 7) is 0. The first-order chi connectivity index (χ1) is 59.1. The molecule has 40 N–H and O–H groups in total. The molecule has 0 spiro atoms. The number of carbonyl (C=O) groups is 20. The van der Waals surface area contributed by atoms with Crippen LogP contribution in [0.25, 0.3) is 0 Å². The number of hydrogen-bond donors (Lipinski definition) is 40. The van der Waals surface area contributed by atoms with Crippen LogP contribution >= 0.6 is 0 Å². The van der Waals surface area contributed by atoms with Gasteiger partial charge in [0.25, 0.3) is 0 Å². The van der Waals surface area contributed by atoms with E-state index in [-0.39, 0.29) is 131 Å². The zero-order valence-electron chi connectivity index (χ0n) is 65.4. The number of aldehydes is 10. The molecule has 0 aliphatic rings. The van der Waals surface area contributed by atoms with Crippen molar-refractivity contribution in [2.75, 3.05) is 0 Å². The van der Waals surface area contributed by atoms with Crippen LogP contribution < -0.4 is 102 Å². The van der Waals surface area contributed by atoms with Crippen LogP contribution in [0.5, 0.6) is 0 Å². The first-order valence-electron chi connectivity index (χ1n) is 33.0. The summed E-state index contributed by atoms with van der Waals surface area (Å²) in [5.41, 5.74) is 0. The third-order valence-corrected chi connectivity index (χ3v) is 14.0. The second-order valence-corrected chi connectivity index (χ2v) is 23.7. The Balaban J connectivity index is -0.000000121. The standard InChI is InChI=1S/10C6H10O7.Fe.K/c10*7-1-2(8)3(9)4(10)5(11)6(12)13;;/h10*1-5,8-11H,(H,12,13);;/q;;;;;;;;;;+2;+1/p-10/t10*2-,3+,4+,5-;;/m0000000000../s1. The van der Waals surface area contributed by atoms with E-state index < -0.39 is 304 Å². The predicted molar refractivity (Wildman–Crippen MR) is 351 cm³/mol. The monoisotopic (exact) mass is 2030 g/mol. The molecule has 0 rings (SSSR count). The largest absolute Gasteiger partial charge is 2.00 e. The maximum absolute atomic E-state index is 9.95. The number of aliphatic hydroxyl groups is 40. The predicted octanol–water partition coefficient (Wildman–Crippen LogP) is -49.2. The zero-order valence-corrected chi connectivity index (χ0v) is 69.6. The number of carboxylic acids is 10. The summed E-state index contributed by atoms with van der Waals surface area (Å²) in [4.78, 5) is 198. The average molecular weight is 2030 g/mol. The van der Waals surface area contributed by atoms with E-state index in [2.05, 4.69) is 0 Å². The molecule has 0 aromatic carbocycles. The van der Waals surface area contributed by atoms with Crippen molar-refractivity contribution in [3.63, 3.8) is 0 Å². The molecule has 0 radical (unpaired) electrons. The van der Waals surface area contributed by atoms with E-state index in [0.717, 1.165) is 0 Å². The second-order valence-electron chi connectivity index (χ2n) is 23.7. The topological polar surface area (TPSA) is 1380 Å². The Kier molecular flexibility index (Phi) is 89.7. The van der Waals surface area contributed by atoms with Crippen LogP contribution in [0.2, 0.25) is 0 Å². The molecule has 0 aromatic rings. The third-order valence-electron chi connectivity index (χ3n) is 14.0. The van der Waals surface area contributed by atoms with Crippen LogP contribution in [0.4, 0.5) is 0 Å². The quantitative estimate of drug-likeness (QED) is 0.0199. The van der Waals surface area contributed by atoms with Gasteiger partial charge in [-0.05, 0) is 0 Å². The normalized spacial score (nSPS) is 19.7. The van der Waals surface area contributed by atoms with E-state index in [1.165, 1.54) is 0 Å². The summed E-state index contributed by atoms with van der Waals surface area (Å²) in [5, 5.41) is 448. The van der Waals surface area contributed by atoms with Gasteiger partial charge in [0.2, 0.25) is 0 Å². The summed E-state index contributed by atoms with van der Waals surface area (Å²) in [6, 6.07) is 0. The molecule has 0 aliphatic carbocycles. The summed E-state index contributed by atoms with van der Waals surface area (Å²) in [6.07, 6.45) is -86.5. The Labute approximate surface area is 782 Å². The molecule has 0 fully saturated rings. The van der Waals surface area contributed by atoms with Crippen molar-refractivity contribution in [2.24, 2.45) is 0 Å². The average Bonchev–Trinajstić information content (AvgIpc) is 0.955. The summed E-state index contributed by atoms with van der Waals surface area (Å²) in [7, 11) is 0. The van der Waals surface area contributed by atoms with Gasteiger partial charge < -0.3 is 351 Å². The molecular formula is C60H90FeKO70-7. The maximum atomic E-state index is 9.95. The molecule has 72 heteroatoms. The number of rotatable bonds is 50. The molecule has 0 aromatic heterocycles. The fourth-order valence-corrected chi connectivity index (χ4v) is 6.09. The van der Waals surface area contributed by atoms with E-state index in [0.29, 0.717) is 0 Å². The first kappa shape index (κ1) is 150. The van der Waals surface area contributed by atoms with Gasteiger partial charge in [-0.15, -0.1) is 0 Å². The van der Waals surface area contributed by atoms with Crippen LogP contribution in [0.3, 0.4) is 0 Å². The van der Waals surface area contributed by atoms with E-state index in [4.69, 9.17) is 204 Å². The third kappa shape index (κ3) is 60.3. The smallest absolute Gasteiger partial charge is 0.547 e. The van der Waals surface area contributed by atoms with E-state index >= 15 is 0 Å². The van der Waals surface area contributed by atoms with Crippen molar-refractivity contribution in [1.82, 2.24) is 0 Å². The number of carboxylic acid groups (broad SMARTS) is 10. The Morgan fingerprint density at radius 3 is 0.205 bits per heavy atom. The molecule has 766 valence electrons. The van der Waals surface area contributed by atoms with Gasteiger partial charge >= 0.3 is 68.5 Å². The molecule has 0 saturated heterocycles. The van der Waals surface area contributed by atoms with Gasteiger partial charge in [0.15, 0.2) is 62.9 Å². The molecule has 40 atom stereocenters. The van der Waals surface area contributed by atoms with E-state index in [9.17, 15) is 147 Å². The second kappa shape index (κ2) is 79.2. The summed E-state index contributed by atoms with van der Waals surface area (Å²) < 4.78 is 0. The fraction of sp³-hybridized carbons (Fsp3) is 0.667. The van der Waals surface area contributed by atoms with Crippen molar-refractivity contribution >= 4 is 123 Å². The van der Waals surface area contributed by atoms with Gasteiger partial charge in [-0.2, -0.15) is 0 Å². The van der Waals surface area contributed by atoms with Crippen molar-refractivity contribution < 1.29 is 420 Å². The van der Waals surface area contributed by atoms with Gasteiger partial charge in [0, 0.05) is 0 Å². The van der Waals surface area contributed by atoms with Gasteiger partial charge in [-0.1, -0.05) is 0 Å². The van der Waals surface area contributed by atoms with Crippen molar-refractivity contribution in [3.05, 3.63) is 0 Å². The first-order valence-corrected chi connectivity index (χ1v) is 33.0. The number of aliphatic carboxylic acids is 10. The number of aliphatic hydroxyl groups excluding tert-OH is 40. The Morgan fingerprint density at radius 1 is 0.129 bits per heavy atom. The molecule has 0 aliphatic heterocycles. The van der Waals surface area contributed by atoms with Gasteiger partial charge in [-0.25, -0.2) is 0 Å². The van der Waals surface area contributed by atoms with E-state index in [1.807, 2.05) is 0 Å². The molecular weight excluding hydrogens is 1940 g/mol. The van der Waals surface area contributed by atoms with E-state index in [1.54, 1.807) is 0 Å². The maximum Gasteiger partial charge on any atom is 2.00 e. The van der Waals surface area contributed by atoms with Crippen LogP contribution in [0, 0.1) is 0 Å². The molecule has 0 saturated carbocycles. The Bertz CT molecular complexity index is 2630. The van der Waals surface area contributed by atoms with Crippen LogP contribution in [0.1, 0.15) is 0 Å². The Hall–Kier alpha value is -8.04. The zero-order chi connectivity index (χ0) is 106.